The summed E-state index contributed by atoms with van der Waals surface area (Å²) in [5.41, 5.74) is 0.413. The number of nitrogens with one attached hydrogen (secondary N) is 2. The van der Waals surface area contributed by atoms with Gasteiger partial charge in [-0.25, -0.2) is 0 Å². The van der Waals surface area contributed by atoms with Gasteiger partial charge in [0.15, 0.2) is 0 Å². The molecule has 4 heteroatoms. The first-order valence-corrected chi connectivity index (χ1v) is 8.46. The maximum absolute atomic E-state index is 12.7. The van der Waals surface area contributed by atoms with Crippen molar-refractivity contribution >= 4 is 23.2 Å². The lowest BCUT2D eigenvalue weighted by Crippen LogP contribution is -2.33. The molecule has 24 heavy (non-hydrogen) atoms. The van der Waals surface area contributed by atoms with E-state index in [9.17, 15) is 9.59 Å². The van der Waals surface area contributed by atoms with Crippen LogP contribution in [0.25, 0.3) is 0 Å². The Morgan fingerprint density at radius 2 is 1.62 bits per heavy atom. The predicted octanol–water partition coefficient (Wildman–Crippen LogP) is 4.99. The zero-order valence-electron chi connectivity index (χ0n) is 15.5. The molecule has 0 saturated carbocycles. The third-order valence-corrected chi connectivity index (χ3v) is 4.00. The first kappa shape index (κ1) is 19.9. The molecule has 0 spiro atoms. The van der Waals surface area contributed by atoms with Gasteiger partial charge in [-0.1, -0.05) is 53.2 Å². The van der Waals surface area contributed by atoms with Gasteiger partial charge in [0, 0.05) is 16.8 Å². The van der Waals surface area contributed by atoms with E-state index < -0.39 is 10.8 Å². The summed E-state index contributed by atoms with van der Waals surface area (Å²) in [5.74, 6) is -0.0861. The van der Waals surface area contributed by atoms with E-state index in [4.69, 9.17) is 0 Å². The lowest BCUT2D eigenvalue weighted by Gasteiger charge is -2.27. The van der Waals surface area contributed by atoms with Crippen LogP contribution in [-0.4, -0.2) is 11.8 Å². The average Bonchev–Trinajstić information content (AvgIpc) is 2.47. The molecule has 2 N–H and O–H groups in total. The standard InChI is InChI=1S/C20H30N2O2/c1-7-12-20(6,13-8-2)18(24)22-16-11-9-10-15(14-16)21-17(23)19(3,4)5/h7,9-11,14H,1,8,12-13H2,2-6H3,(H,21,23)(H,22,24). The van der Waals surface area contributed by atoms with Gasteiger partial charge in [-0.3, -0.25) is 9.59 Å². The van der Waals surface area contributed by atoms with Gasteiger partial charge in [0.25, 0.3) is 0 Å². The third kappa shape index (κ3) is 5.52. The van der Waals surface area contributed by atoms with Gasteiger partial charge in [0.05, 0.1) is 5.41 Å². The fourth-order valence-corrected chi connectivity index (χ4v) is 2.45. The number of rotatable bonds is 7. The largest absolute Gasteiger partial charge is 0.326 e. The van der Waals surface area contributed by atoms with Crippen LogP contribution < -0.4 is 10.6 Å². The molecule has 1 rings (SSSR count). The summed E-state index contributed by atoms with van der Waals surface area (Å²) in [6, 6.07) is 7.24. The maximum Gasteiger partial charge on any atom is 0.230 e. The molecule has 0 aromatic heterocycles. The minimum atomic E-state index is -0.471. The zero-order valence-corrected chi connectivity index (χ0v) is 15.5. The van der Waals surface area contributed by atoms with Crippen molar-refractivity contribution in [2.75, 3.05) is 10.6 Å². The normalized spacial score (nSPS) is 13.7. The van der Waals surface area contributed by atoms with E-state index in [2.05, 4.69) is 24.1 Å². The van der Waals surface area contributed by atoms with Crippen LogP contribution in [0.2, 0.25) is 0 Å². The predicted molar refractivity (Wildman–Crippen MR) is 101 cm³/mol. The lowest BCUT2D eigenvalue weighted by molar-refractivity contribution is -0.125. The Morgan fingerprint density at radius 3 is 2.08 bits per heavy atom. The summed E-state index contributed by atoms with van der Waals surface area (Å²) in [4.78, 5) is 24.7. The van der Waals surface area contributed by atoms with Crippen LogP contribution in [0, 0.1) is 10.8 Å². The molecule has 0 bridgehead atoms. The highest BCUT2D eigenvalue weighted by Crippen LogP contribution is 2.30. The van der Waals surface area contributed by atoms with Crippen molar-refractivity contribution in [2.45, 2.75) is 53.9 Å². The van der Waals surface area contributed by atoms with E-state index in [0.717, 1.165) is 12.8 Å². The van der Waals surface area contributed by atoms with Gasteiger partial charge < -0.3 is 10.6 Å². The summed E-state index contributed by atoms with van der Waals surface area (Å²) in [6.45, 7) is 13.4. The van der Waals surface area contributed by atoms with Crippen LogP contribution in [0.1, 0.15) is 53.9 Å². The molecule has 0 aliphatic heterocycles. The Hall–Kier alpha value is -2.10. The molecule has 4 nitrogen and oxygen atoms in total. The summed E-state index contributed by atoms with van der Waals surface area (Å²) in [5, 5.41) is 5.84. The highest BCUT2D eigenvalue weighted by atomic mass is 16.2. The Bertz CT molecular complexity index is 602. The van der Waals surface area contributed by atoms with Crippen molar-refractivity contribution < 1.29 is 9.59 Å². The molecule has 0 fully saturated rings. The van der Waals surface area contributed by atoms with Gasteiger partial charge >= 0.3 is 0 Å². The summed E-state index contributed by atoms with van der Waals surface area (Å²) >= 11 is 0. The number of amides is 2. The first-order valence-electron chi connectivity index (χ1n) is 8.46. The van der Waals surface area contributed by atoms with Gasteiger partial charge in [-0.05, 0) is 31.0 Å². The number of hydrogen-bond donors (Lipinski definition) is 2. The highest BCUT2D eigenvalue weighted by Gasteiger charge is 2.31. The number of carbonyl (C=O) groups excluding carboxylic acids is 2. The number of allylic oxidation sites excluding steroid dienone is 1. The fourth-order valence-electron chi connectivity index (χ4n) is 2.45. The minimum Gasteiger partial charge on any atom is -0.326 e. The van der Waals surface area contributed by atoms with Gasteiger partial charge in [0.1, 0.15) is 0 Å². The Labute approximate surface area is 145 Å². The van der Waals surface area contributed by atoms with E-state index in [-0.39, 0.29) is 11.8 Å². The molecule has 0 heterocycles. The maximum atomic E-state index is 12.7. The number of hydrogen-bond acceptors (Lipinski definition) is 2. The van der Waals surface area contributed by atoms with Crippen LogP contribution in [-0.2, 0) is 9.59 Å². The molecular weight excluding hydrogens is 300 g/mol. The molecule has 2 amide bonds. The SMILES string of the molecule is C=CCC(C)(CCC)C(=O)Nc1cccc(NC(=O)C(C)(C)C)c1. The Morgan fingerprint density at radius 1 is 1.08 bits per heavy atom. The molecular formula is C20H30N2O2. The van der Waals surface area contributed by atoms with E-state index >= 15 is 0 Å². The second-order valence-corrected chi connectivity index (χ2v) is 7.54. The molecule has 0 aliphatic carbocycles. The first-order chi connectivity index (χ1) is 11.1. The van der Waals surface area contributed by atoms with Crippen molar-refractivity contribution in [3.05, 3.63) is 36.9 Å². The summed E-state index contributed by atoms with van der Waals surface area (Å²) in [6.07, 6.45) is 4.15. The lowest BCUT2D eigenvalue weighted by atomic mass is 9.81. The van der Waals surface area contributed by atoms with Crippen molar-refractivity contribution in [1.82, 2.24) is 0 Å². The van der Waals surface area contributed by atoms with Crippen molar-refractivity contribution in [1.29, 1.82) is 0 Å². The van der Waals surface area contributed by atoms with Crippen LogP contribution >= 0.6 is 0 Å². The number of carbonyl (C=O) groups is 2. The summed E-state index contributed by atoms with van der Waals surface area (Å²) < 4.78 is 0. The highest BCUT2D eigenvalue weighted by molar-refractivity contribution is 5.97. The third-order valence-electron chi connectivity index (χ3n) is 4.00. The molecule has 1 aromatic carbocycles. The molecule has 1 atom stereocenters. The smallest absolute Gasteiger partial charge is 0.230 e. The van der Waals surface area contributed by atoms with Crippen molar-refractivity contribution in [2.24, 2.45) is 10.8 Å². The van der Waals surface area contributed by atoms with Crippen LogP contribution in [0.4, 0.5) is 11.4 Å². The number of benzene rings is 1. The second kappa shape index (κ2) is 8.13. The van der Waals surface area contributed by atoms with Gasteiger partial charge in [0.2, 0.25) is 11.8 Å². The average molecular weight is 330 g/mol. The van der Waals surface area contributed by atoms with E-state index in [1.807, 2.05) is 45.9 Å². The van der Waals surface area contributed by atoms with Gasteiger partial charge in [-0.2, -0.15) is 0 Å². The molecule has 1 unspecified atom stereocenters. The number of anilines is 2. The molecule has 1 aromatic rings. The van der Waals surface area contributed by atoms with Crippen molar-refractivity contribution in [3.63, 3.8) is 0 Å². The molecule has 0 radical (unpaired) electrons. The minimum absolute atomic E-state index is 0.0245. The van der Waals surface area contributed by atoms with Gasteiger partial charge in [-0.15, -0.1) is 6.58 Å². The quantitative estimate of drug-likeness (QED) is 0.692. The van der Waals surface area contributed by atoms with Crippen molar-refractivity contribution in [3.8, 4) is 0 Å². The second-order valence-electron chi connectivity index (χ2n) is 7.54. The molecule has 132 valence electrons. The monoisotopic (exact) mass is 330 g/mol. The van der Waals surface area contributed by atoms with E-state index in [1.54, 1.807) is 12.1 Å². The van der Waals surface area contributed by atoms with Crippen LogP contribution in [0.3, 0.4) is 0 Å². The summed E-state index contributed by atoms with van der Waals surface area (Å²) in [7, 11) is 0. The molecule has 0 saturated heterocycles. The Kier molecular flexibility index (Phi) is 6.76. The van der Waals surface area contributed by atoms with Crippen LogP contribution in [0.15, 0.2) is 36.9 Å². The fraction of sp³-hybridized carbons (Fsp3) is 0.500. The topological polar surface area (TPSA) is 58.2 Å². The Balaban J connectivity index is 2.88. The molecule has 0 aliphatic rings. The van der Waals surface area contributed by atoms with E-state index in [1.165, 1.54) is 0 Å². The van der Waals surface area contributed by atoms with E-state index in [0.29, 0.717) is 17.8 Å². The zero-order chi connectivity index (χ0) is 18.4. The van der Waals surface area contributed by atoms with Crippen LogP contribution in [0.5, 0.6) is 0 Å².